The van der Waals surface area contributed by atoms with Gasteiger partial charge in [-0.25, -0.2) is 14.8 Å². The van der Waals surface area contributed by atoms with Crippen LogP contribution in [0, 0.1) is 13.8 Å². The van der Waals surface area contributed by atoms with E-state index in [9.17, 15) is 4.79 Å². The van der Waals surface area contributed by atoms with Crippen LogP contribution in [0.1, 0.15) is 32.7 Å². The zero-order chi connectivity index (χ0) is 18.5. The molecule has 1 aromatic heterocycles. The molecule has 6 heteroatoms. The number of halogens is 1. The second kappa shape index (κ2) is 8.34. The molecule has 3 rings (SSSR count). The molecule has 26 heavy (non-hydrogen) atoms. The number of hydrogen-bond donors (Lipinski definition) is 0. The Morgan fingerprint density at radius 3 is 2.27 bits per heavy atom. The fourth-order valence-corrected chi connectivity index (χ4v) is 3.75. The van der Waals surface area contributed by atoms with Gasteiger partial charge in [0.15, 0.2) is 10.6 Å². The number of rotatable bonds is 5. The predicted octanol–water partition coefficient (Wildman–Crippen LogP) is 5.39. The van der Waals surface area contributed by atoms with Crippen molar-refractivity contribution < 1.29 is 9.53 Å². The highest BCUT2D eigenvalue weighted by Gasteiger charge is 2.23. The van der Waals surface area contributed by atoms with E-state index in [1.165, 1.54) is 11.8 Å². The van der Waals surface area contributed by atoms with Gasteiger partial charge in [0.25, 0.3) is 0 Å². The lowest BCUT2D eigenvalue weighted by molar-refractivity contribution is 0.0457. The van der Waals surface area contributed by atoms with Gasteiger partial charge in [0.2, 0.25) is 0 Å². The molecule has 4 nitrogen and oxygen atoms in total. The average Bonchev–Trinajstić information content (AvgIpc) is 2.61. The first-order chi connectivity index (χ1) is 12.5. The zero-order valence-electron chi connectivity index (χ0n) is 14.3. The monoisotopic (exact) mass is 384 g/mol. The predicted molar refractivity (Wildman–Crippen MR) is 103 cm³/mol. The maximum absolute atomic E-state index is 12.5. The number of carbonyl (C=O) groups is 1. The molecule has 0 bridgehead atoms. The first-order valence-electron chi connectivity index (χ1n) is 8.02. The quantitative estimate of drug-likeness (QED) is 0.255. The Bertz CT molecular complexity index is 898. The van der Waals surface area contributed by atoms with Crippen molar-refractivity contribution in [1.82, 2.24) is 9.97 Å². The van der Waals surface area contributed by atoms with Crippen molar-refractivity contribution in [3.8, 4) is 0 Å². The van der Waals surface area contributed by atoms with Gasteiger partial charge in [-0.3, -0.25) is 0 Å². The molecule has 0 spiro atoms. The third-order valence-electron chi connectivity index (χ3n) is 3.56. The van der Waals surface area contributed by atoms with Crippen molar-refractivity contribution in [2.45, 2.75) is 24.4 Å². The van der Waals surface area contributed by atoms with Crippen LogP contribution in [0.15, 0.2) is 65.8 Å². The van der Waals surface area contributed by atoms with Gasteiger partial charge in [-0.15, -0.1) is 0 Å². The SMILES string of the molecule is Cc1cc(C)nc(SC(OC(=O)c2ccccc2)c2ccccc2Cl)n1. The minimum absolute atomic E-state index is 0.424. The molecule has 132 valence electrons. The van der Waals surface area contributed by atoms with Crippen LogP contribution in [0.3, 0.4) is 0 Å². The van der Waals surface area contributed by atoms with Crippen molar-refractivity contribution in [3.05, 3.63) is 88.2 Å². The van der Waals surface area contributed by atoms with Gasteiger partial charge in [0.1, 0.15) is 0 Å². The number of nitrogens with zero attached hydrogens (tertiary/aromatic N) is 2. The zero-order valence-corrected chi connectivity index (χ0v) is 15.9. The fraction of sp³-hybridized carbons (Fsp3) is 0.150. The number of carbonyl (C=O) groups excluding carboxylic acids is 1. The molecule has 0 aliphatic heterocycles. The number of ether oxygens (including phenoxy) is 1. The van der Waals surface area contributed by atoms with E-state index in [1.807, 2.05) is 44.2 Å². The molecular weight excluding hydrogens is 368 g/mol. The van der Waals surface area contributed by atoms with Crippen LogP contribution in [0.25, 0.3) is 0 Å². The number of esters is 1. The number of benzene rings is 2. The molecular formula is C20H17ClN2O2S. The topological polar surface area (TPSA) is 52.1 Å². The summed E-state index contributed by atoms with van der Waals surface area (Å²) in [5.41, 5.74) is 2.23. The maximum atomic E-state index is 12.5. The molecule has 0 fully saturated rings. The van der Waals surface area contributed by atoms with Crippen molar-refractivity contribution in [3.63, 3.8) is 0 Å². The molecule has 0 N–H and O–H groups in total. The second-order valence-corrected chi connectivity index (χ2v) is 7.11. The summed E-state index contributed by atoms with van der Waals surface area (Å²) in [4.78, 5) is 21.4. The normalized spacial score (nSPS) is 11.8. The molecule has 0 saturated carbocycles. The van der Waals surface area contributed by atoms with Gasteiger partial charge in [-0.1, -0.05) is 48.0 Å². The van der Waals surface area contributed by atoms with E-state index in [0.717, 1.165) is 11.4 Å². The minimum atomic E-state index is -0.655. The van der Waals surface area contributed by atoms with Crippen molar-refractivity contribution in [2.75, 3.05) is 0 Å². The third-order valence-corrected chi connectivity index (χ3v) is 4.86. The van der Waals surface area contributed by atoms with Crippen LogP contribution < -0.4 is 0 Å². The average molecular weight is 385 g/mol. The Morgan fingerprint density at radius 2 is 1.62 bits per heavy atom. The Kier molecular flexibility index (Phi) is 5.91. The second-order valence-electron chi connectivity index (χ2n) is 5.68. The van der Waals surface area contributed by atoms with Gasteiger partial charge in [-0.2, -0.15) is 0 Å². The minimum Gasteiger partial charge on any atom is -0.442 e. The van der Waals surface area contributed by atoms with Crippen molar-refractivity contribution in [1.29, 1.82) is 0 Å². The van der Waals surface area contributed by atoms with E-state index >= 15 is 0 Å². The van der Waals surface area contributed by atoms with E-state index in [1.54, 1.807) is 30.3 Å². The fourth-order valence-electron chi connectivity index (χ4n) is 2.40. The molecule has 1 unspecified atom stereocenters. The van der Waals surface area contributed by atoms with Gasteiger partial charge < -0.3 is 4.74 Å². The van der Waals surface area contributed by atoms with Crippen LogP contribution in [-0.4, -0.2) is 15.9 Å². The number of thioether (sulfide) groups is 1. The van der Waals surface area contributed by atoms with Crippen LogP contribution in [0.2, 0.25) is 5.02 Å². The Morgan fingerprint density at radius 1 is 1.00 bits per heavy atom. The number of aromatic nitrogens is 2. The van der Waals surface area contributed by atoms with Crippen molar-refractivity contribution in [2.24, 2.45) is 0 Å². The Labute approximate surface area is 161 Å². The van der Waals surface area contributed by atoms with Gasteiger partial charge in [-0.05, 0) is 49.9 Å². The highest BCUT2D eigenvalue weighted by molar-refractivity contribution is 7.99. The standard InChI is InChI=1S/C20H17ClN2O2S/c1-13-12-14(2)23-20(22-13)26-19(16-10-6-7-11-17(16)21)25-18(24)15-8-4-3-5-9-15/h3-12,19H,1-2H3. The summed E-state index contributed by atoms with van der Waals surface area (Å²) in [6.45, 7) is 3.80. The molecule has 0 aliphatic carbocycles. The smallest absolute Gasteiger partial charge is 0.339 e. The highest BCUT2D eigenvalue weighted by atomic mass is 35.5. The van der Waals surface area contributed by atoms with Crippen LogP contribution in [0.4, 0.5) is 0 Å². The first kappa shape index (κ1) is 18.4. The van der Waals surface area contributed by atoms with Crippen LogP contribution >= 0.6 is 23.4 Å². The largest absolute Gasteiger partial charge is 0.442 e. The first-order valence-corrected chi connectivity index (χ1v) is 9.28. The lowest BCUT2D eigenvalue weighted by atomic mass is 10.2. The van der Waals surface area contributed by atoms with E-state index in [0.29, 0.717) is 21.3 Å². The molecule has 1 heterocycles. The molecule has 1 atom stereocenters. The van der Waals surface area contributed by atoms with Crippen LogP contribution in [0.5, 0.6) is 0 Å². The lowest BCUT2D eigenvalue weighted by Crippen LogP contribution is -2.10. The number of aryl methyl sites for hydroxylation is 2. The lowest BCUT2D eigenvalue weighted by Gasteiger charge is -2.18. The van der Waals surface area contributed by atoms with Crippen molar-refractivity contribution >= 4 is 29.3 Å². The summed E-state index contributed by atoms with van der Waals surface area (Å²) in [5, 5.41) is 1.06. The van der Waals surface area contributed by atoms with Crippen LogP contribution in [-0.2, 0) is 4.74 Å². The summed E-state index contributed by atoms with van der Waals surface area (Å²) < 4.78 is 5.75. The summed E-state index contributed by atoms with van der Waals surface area (Å²) >= 11 is 7.59. The third kappa shape index (κ3) is 4.62. The Hall–Kier alpha value is -2.37. The molecule has 0 aliphatic rings. The van der Waals surface area contributed by atoms with E-state index in [4.69, 9.17) is 16.3 Å². The summed E-state index contributed by atoms with van der Waals surface area (Å²) in [7, 11) is 0. The molecule has 0 saturated heterocycles. The molecule has 0 amide bonds. The van der Waals surface area contributed by atoms with E-state index < -0.39 is 11.4 Å². The van der Waals surface area contributed by atoms with Gasteiger partial charge in [0.05, 0.1) is 5.56 Å². The summed E-state index contributed by atoms with van der Waals surface area (Å²) in [6, 6.07) is 18.0. The summed E-state index contributed by atoms with van der Waals surface area (Å²) in [5.74, 6) is -0.424. The maximum Gasteiger partial charge on any atom is 0.339 e. The van der Waals surface area contributed by atoms with E-state index in [2.05, 4.69) is 9.97 Å². The Balaban J connectivity index is 1.91. The summed E-state index contributed by atoms with van der Waals surface area (Å²) in [6.07, 6.45) is 0. The molecule has 3 aromatic rings. The van der Waals surface area contributed by atoms with E-state index in [-0.39, 0.29) is 0 Å². The molecule has 0 radical (unpaired) electrons. The molecule has 2 aromatic carbocycles. The highest BCUT2D eigenvalue weighted by Crippen LogP contribution is 2.38. The van der Waals surface area contributed by atoms with Gasteiger partial charge >= 0.3 is 5.97 Å². The number of hydrogen-bond acceptors (Lipinski definition) is 5. The van der Waals surface area contributed by atoms with Gasteiger partial charge in [0, 0.05) is 22.0 Å².